The van der Waals surface area contributed by atoms with Gasteiger partial charge in [0, 0.05) is 21.5 Å². The average Bonchev–Trinajstić information content (AvgIpc) is 3.19. The fourth-order valence-electron chi connectivity index (χ4n) is 2.31. The van der Waals surface area contributed by atoms with E-state index < -0.39 is 0 Å². The molecule has 1 saturated heterocycles. The summed E-state index contributed by atoms with van der Waals surface area (Å²) in [5, 5.41) is 13.8. The molecule has 0 saturated carbocycles. The van der Waals surface area contributed by atoms with Crippen LogP contribution in [0.1, 0.15) is 15.7 Å². The normalized spacial score (nSPS) is 14.6. The molecule has 0 radical (unpaired) electrons. The predicted molar refractivity (Wildman–Crippen MR) is 119 cm³/mol. The summed E-state index contributed by atoms with van der Waals surface area (Å²) in [6.07, 6.45) is 1.37. The van der Waals surface area contributed by atoms with Gasteiger partial charge in [-0.2, -0.15) is 5.10 Å². The Bertz CT molecular complexity index is 841. The van der Waals surface area contributed by atoms with Crippen molar-refractivity contribution in [1.29, 1.82) is 0 Å². The lowest BCUT2D eigenvalue weighted by atomic mass is 10.2. The van der Waals surface area contributed by atoms with Gasteiger partial charge in [-0.1, -0.05) is 28.1 Å². The number of phenolic OH excluding ortho intramolecular Hbond substituents is 1. The third-order valence-corrected chi connectivity index (χ3v) is 7.76. The highest BCUT2D eigenvalue weighted by Gasteiger charge is 2.18. The van der Waals surface area contributed by atoms with Crippen LogP contribution in [0.15, 0.2) is 50.4 Å². The minimum atomic E-state index is -0.384. The van der Waals surface area contributed by atoms with Crippen molar-refractivity contribution >= 4 is 67.5 Å². The molecule has 3 rings (SSSR count). The van der Waals surface area contributed by atoms with Gasteiger partial charge in [-0.3, -0.25) is 4.79 Å². The predicted octanol–water partition coefficient (Wildman–Crippen LogP) is 4.92. The summed E-state index contributed by atoms with van der Waals surface area (Å²) in [7, 11) is 0. The number of carbonyl (C=O) groups excluding carboxylic acids is 1. The Labute approximate surface area is 182 Å². The molecule has 0 atom stereocenters. The van der Waals surface area contributed by atoms with Crippen LogP contribution >= 0.6 is 55.4 Å². The van der Waals surface area contributed by atoms with Crippen molar-refractivity contribution < 1.29 is 14.6 Å². The van der Waals surface area contributed by atoms with Crippen LogP contribution in [0.5, 0.6) is 11.5 Å². The molecule has 5 nitrogen and oxygen atoms in total. The molecule has 9 heteroatoms. The molecule has 2 aromatic carbocycles. The fourth-order valence-corrected chi connectivity index (χ4v) is 6.43. The third-order valence-electron chi connectivity index (χ3n) is 3.59. The zero-order chi connectivity index (χ0) is 19.2. The first kappa shape index (κ1) is 20.6. The van der Waals surface area contributed by atoms with Crippen LogP contribution in [-0.4, -0.2) is 35.3 Å². The Balaban J connectivity index is 1.48. The molecule has 1 aliphatic rings. The molecular weight excluding hydrogens is 516 g/mol. The first-order chi connectivity index (χ1) is 13.0. The lowest BCUT2D eigenvalue weighted by Crippen LogP contribution is -2.24. The maximum atomic E-state index is 11.9. The van der Waals surface area contributed by atoms with Crippen molar-refractivity contribution in [1.82, 2.24) is 5.43 Å². The van der Waals surface area contributed by atoms with Crippen molar-refractivity contribution in [3.63, 3.8) is 0 Å². The van der Waals surface area contributed by atoms with E-state index in [4.69, 9.17) is 4.74 Å². The molecule has 0 aliphatic carbocycles. The highest BCUT2D eigenvalue weighted by molar-refractivity contribution is 9.11. The minimum absolute atomic E-state index is 0.0473. The number of benzene rings is 2. The number of rotatable bonds is 6. The van der Waals surface area contributed by atoms with E-state index in [-0.39, 0.29) is 18.3 Å². The molecular formula is C18H16Br2N2O3S2. The lowest BCUT2D eigenvalue weighted by molar-refractivity contribution is -0.123. The molecule has 0 spiro atoms. The topological polar surface area (TPSA) is 70.9 Å². The standard InChI is InChI=1S/C18H16Br2N2O3S2/c19-13-7-12(17(24)15(20)8-13)9-21-22-16(23)10-25-14-3-1-11(2-4-14)18-26-5-6-27-18/h1-4,7-9,18,24H,5-6,10H2,(H,22,23)/b21-9-. The van der Waals surface area contributed by atoms with Crippen molar-refractivity contribution in [3.8, 4) is 11.5 Å². The molecule has 27 heavy (non-hydrogen) atoms. The lowest BCUT2D eigenvalue weighted by Gasteiger charge is -2.10. The zero-order valence-corrected chi connectivity index (χ0v) is 18.8. The van der Waals surface area contributed by atoms with Crippen molar-refractivity contribution in [3.05, 3.63) is 56.5 Å². The van der Waals surface area contributed by atoms with E-state index in [0.717, 1.165) is 4.47 Å². The number of nitrogens with zero attached hydrogens (tertiary/aromatic N) is 1. The molecule has 2 N–H and O–H groups in total. The second-order valence-corrected chi connectivity index (χ2v) is 10.0. The summed E-state index contributed by atoms with van der Waals surface area (Å²) in [5.74, 6) is 2.67. The quantitative estimate of drug-likeness (QED) is 0.408. The number of hydrazone groups is 1. The number of hydrogen-bond donors (Lipinski definition) is 2. The SMILES string of the molecule is O=C(COc1ccc(C2SCCS2)cc1)N/N=C\c1cc(Br)cc(Br)c1O. The Morgan fingerprint density at radius 2 is 1.96 bits per heavy atom. The van der Waals surface area contributed by atoms with Crippen LogP contribution in [0.25, 0.3) is 0 Å². The number of halogens is 2. The molecule has 0 unspecified atom stereocenters. The number of hydrogen-bond acceptors (Lipinski definition) is 6. The summed E-state index contributed by atoms with van der Waals surface area (Å²) >= 11 is 10.5. The van der Waals surface area contributed by atoms with Crippen LogP contribution in [0.4, 0.5) is 0 Å². The van der Waals surface area contributed by atoms with Gasteiger partial charge in [0.15, 0.2) is 6.61 Å². The zero-order valence-electron chi connectivity index (χ0n) is 14.0. The van der Waals surface area contributed by atoms with Crippen molar-refractivity contribution in [2.45, 2.75) is 4.58 Å². The Hall–Kier alpha value is -1.16. The smallest absolute Gasteiger partial charge is 0.277 e. The maximum absolute atomic E-state index is 11.9. The largest absolute Gasteiger partial charge is 0.506 e. The van der Waals surface area contributed by atoms with Gasteiger partial charge >= 0.3 is 0 Å². The van der Waals surface area contributed by atoms with Crippen LogP contribution in [-0.2, 0) is 4.79 Å². The molecule has 2 aromatic rings. The average molecular weight is 532 g/mol. The number of carbonyl (C=O) groups is 1. The second-order valence-electron chi connectivity index (χ2n) is 5.55. The van der Waals surface area contributed by atoms with Gasteiger partial charge in [0.05, 0.1) is 15.3 Å². The Kier molecular flexibility index (Phi) is 7.51. The molecule has 142 valence electrons. The summed E-state index contributed by atoms with van der Waals surface area (Å²) in [6, 6.07) is 11.2. The van der Waals surface area contributed by atoms with Crippen molar-refractivity contribution in [2.24, 2.45) is 5.10 Å². The fraction of sp³-hybridized carbons (Fsp3) is 0.222. The van der Waals surface area contributed by atoms with Crippen LogP contribution < -0.4 is 10.2 Å². The van der Waals surface area contributed by atoms with Gasteiger partial charge in [0.1, 0.15) is 11.5 Å². The van der Waals surface area contributed by atoms with Gasteiger partial charge in [0.25, 0.3) is 5.91 Å². The van der Waals surface area contributed by atoms with E-state index in [1.165, 1.54) is 23.3 Å². The van der Waals surface area contributed by atoms with E-state index in [0.29, 0.717) is 20.4 Å². The maximum Gasteiger partial charge on any atom is 0.277 e. The van der Waals surface area contributed by atoms with Gasteiger partial charge in [-0.15, -0.1) is 23.5 Å². The molecule has 1 fully saturated rings. The highest BCUT2D eigenvalue weighted by Crippen LogP contribution is 2.45. The van der Waals surface area contributed by atoms with E-state index in [9.17, 15) is 9.90 Å². The monoisotopic (exact) mass is 530 g/mol. The minimum Gasteiger partial charge on any atom is -0.506 e. The number of phenols is 1. The number of thioether (sulfide) groups is 2. The Morgan fingerprint density at radius 3 is 2.67 bits per heavy atom. The number of nitrogens with one attached hydrogen (secondary N) is 1. The van der Waals surface area contributed by atoms with E-state index in [1.807, 2.05) is 47.8 Å². The van der Waals surface area contributed by atoms with E-state index in [2.05, 4.69) is 42.4 Å². The van der Waals surface area contributed by atoms with Crippen LogP contribution in [0, 0.1) is 0 Å². The van der Waals surface area contributed by atoms with Gasteiger partial charge in [-0.25, -0.2) is 5.43 Å². The molecule has 0 bridgehead atoms. The van der Waals surface area contributed by atoms with Gasteiger partial charge < -0.3 is 9.84 Å². The van der Waals surface area contributed by atoms with Crippen molar-refractivity contribution in [2.75, 3.05) is 18.1 Å². The molecule has 1 amide bonds. The van der Waals surface area contributed by atoms with Gasteiger partial charge in [0.2, 0.25) is 0 Å². The third kappa shape index (κ3) is 5.91. The second kappa shape index (κ2) is 9.86. The molecule has 1 aliphatic heterocycles. The summed E-state index contributed by atoms with van der Waals surface area (Å²) in [5.41, 5.74) is 4.12. The van der Waals surface area contributed by atoms with Crippen LogP contribution in [0.2, 0.25) is 0 Å². The summed E-state index contributed by atoms with van der Waals surface area (Å²) in [6.45, 7) is -0.141. The Morgan fingerprint density at radius 1 is 1.26 bits per heavy atom. The number of aromatic hydroxyl groups is 1. The molecule has 0 aromatic heterocycles. The van der Waals surface area contributed by atoms with E-state index >= 15 is 0 Å². The molecule has 1 heterocycles. The summed E-state index contributed by atoms with van der Waals surface area (Å²) in [4.78, 5) is 11.9. The number of amides is 1. The number of ether oxygens (including phenoxy) is 1. The summed E-state index contributed by atoms with van der Waals surface area (Å²) < 4.78 is 7.29. The highest BCUT2D eigenvalue weighted by atomic mass is 79.9. The van der Waals surface area contributed by atoms with Gasteiger partial charge in [-0.05, 0) is 45.8 Å². The van der Waals surface area contributed by atoms with E-state index in [1.54, 1.807) is 12.1 Å². The first-order valence-electron chi connectivity index (χ1n) is 7.99. The van der Waals surface area contributed by atoms with Crippen LogP contribution in [0.3, 0.4) is 0 Å². The first-order valence-corrected chi connectivity index (χ1v) is 11.7.